The first kappa shape index (κ1) is 20.5. The summed E-state index contributed by atoms with van der Waals surface area (Å²) in [7, 11) is 0. The summed E-state index contributed by atoms with van der Waals surface area (Å²) >= 11 is 0. The second-order valence-electron chi connectivity index (χ2n) is 7.03. The normalized spacial score (nSPS) is 14.4. The van der Waals surface area contributed by atoms with E-state index in [2.05, 4.69) is 15.2 Å². The lowest BCUT2D eigenvalue weighted by atomic mass is 9.86. The zero-order valence-electron chi connectivity index (χ0n) is 16.2. The summed E-state index contributed by atoms with van der Waals surface area (Å²) in [6.07, 6.45) is 3.75. The van der Waals surface area contributed by atoms with Crippen LogP contribution in [0.15, 0.2) is 66.2 Å². The van der Waals surface area contributed by atoms with Gasteiger partial charge in [-0.1, -0.05) is 6.07 Å². The second kappa shape index (κ2) is 7.84. The molecule has 8 nitrogen and oxygen atoms in total. The maximum absolute atomic E-state index is 14.7. The SMILES string of the molecule is C[C@@H](n1cnn(-c2ccc(F)cc2)c1=O)[C@](O)(Cn1cncn1)c1ccc(F)cc1F. The standard InChI is InChI=1S/C20H17F3N6O2/c1-13(28-12-26-29(19(28)30)16-5-2-14(21)3-6-16)20(31,9-27-11-24-10-25-27)17-7-4-15(22)8-18(17)23/h2-8,10-13,31H,9H2,1H3/t13-,20-/m1/s1. The molecule has 2 aromatic heterocycles. The summed E-state index contributed by atoms with van der Waals surface area (Å²) in [5, 5.41) is 19.6. The highest BCUT2D eigenvalue weighted by Gasteiger charge is 2.41. The van der Waals surface area contributed by atoms with Gasteiger partial charge in [0.2, 0.25) is 0 Å². The topological polar surface area (TPSA) is 90.8 Å². The highest BCUT2D eigenvalue weighted by atomic mass is 19.1. The highest BCUT2D eigenvalue weighted by molar-refractivity contribution is 5.30. The van der Waals surface area contributed by atoms with Crippen LogP contribution in [0.25, 0.3) is 5.69 Å². The van der Waals surface area contributed by atoms with Gasteiger partial charge in [0, 0.05) is 11.6 Å². The Kier molecular flexibility index (Phi) is 5.19. The zero-order valence-corrected chi connectivity index (χ0v) is 16.2. The van der Waals surface area contributed by atoms with E-state index in [1.165, 1.54) is 54.9 Å². The number of aromatic nitrogens is 6. The minimum absolute atomic E-state index is 0.224. The number of benzene rings is 2. The van der Waals surface area contributed by atoms with Crippen LogP contribution in [-0.4, -0.2) is 34.2 Å². The Morgan fingerprint density at radius 2 is 1.74 bits per heavy atom. The van der Waals surface area contributed by atoms with Crippen molar-refractivity contribution in [2.24, 2.45) is 0 Å². The van der Waals surface area contributed by atoms with Gasteiger partial charge in [0.1, 0.15) is 42.0 Å². The third-order valence-electron chi connectivity index (χ3n) is 5.14. The zero-order chi connectivity index (χ0) is 22.2. The van der Waals surface area contributed by atoms with Gasteiger partial charge in [-0.25, -0.2) is 27.6 Å². The molecule has 0 amide bonds. The molecule has 2 heterocycles. The molecule has 0 fully saturated rings. The van der Waals surface area contributed by atoms with E-state index in [1.807, 2.05) is 0 Å². The monoisotopic (exact) mass is 430 g/mol. The maximum atomic E-state index is 14.7. The third kappa shape index (κ3) is 3.75. The molecule has 160 valence electrons. The van der Waals surface area contributed by atoms with Gasteiger partial charge in [-0.3, -0.25) is 4.57 Å². The minimum Gasteiger partial charge on any atom is -0.381 e. The van der Waals surface area contributed by atoms with E-state index in [4.69, 9.17) is 0 Å². The lowest BCUT2D eigenvalue weighted by Gasteiger charge is -2.34. The van der Waals surface area contributed by atoms with Crippen molar-refractivity contribution >= 4 is 0 Å². The third-order valence-corrected chi connectivity index (χ3v) is 5.14. The Morgan fingerprint density at radius 3 is 2.39 bits per heavy atom. The lowest BCUT2D eigenvalue weighted by molar-refractivity contribution is -0.0342. The van der Waals surface area contributed by atoms with E-state index in [1.54, 1.807) is 0 Å². The van der Waals surface area contributed by atoms with Gasteiger partial charge in [-0.2, -0.15) is 14.9 Å². The molecule has 31 heavy (non-hydrogen) atoms. The van der Waals surface area contributed by atoms with Crippen LogP contribution in [-0.2, 0) is 12.1 Å². The molecule has 0 radical (unpaired) electrons. The predicted molar refractivity (Wildman–Crippen MR) is 103 cm³/mol. The first-order chi connectivity index (χ1) is 14.8. The van der Waals surface area contributed by atoms with Gasteiger partial charge in [-0.05, 0) is 37.3 Å². The number of aliphatic hydroxyl groups is 1. The van der Waals surface area contributed by atoms with Crippen LogP contribution >= 0.6 is 0 Å². The van der Waals surface area contributed by atoms with Crippen LogP contribution < -0.4 is 5.69 Å². The van der Waals surface area contributed by atoms with E-state index in [-0.39, 0.29) is 12.1 Å². The largest absolute Gasteiger partial charge is 0.381 e. The summed E-state index contributed by atoms with van der Waals surface area (Å²) in [6.45, 7) is 1.22. The summed E-state index contributed by atoms with van der Waals surface area (Å²) < 4.78 is 44.8. The molecule has 11 heteroatoms. The van der Waals surface area contributed by atoms with Gasteiger partial charge in [-0.15, -0.1) is 0 Å². The second-order valence-corrected chi connectivity index (χ2v) is 7.03. The van der Waals surface area contributed by atoms with E-state index in [0.29, 0.717) is 11.8 Å². The van der Waals surface area contributed by atoms with Crippen molar-refractivity contribution in [3.05, 3.63) is 94.9 Å². The first-order valence-electron chi connectivity index (χ1n) is 9.22. The number of hydrogen-bond donors (Lipinski definition) is 1. The predicted octanol–water partition coefficient (Wildman–Crippen LogP) is 2.19. The van der Waals surface area contributed by atoms with Gasteiger partial charge in [0.05, 0.1) is 18.3 Å². The van der Waals surface area contributed by atoms with E-state index in [9.17, 15) is 23.1 Å². The molecule has 0 saturated carbocycles. The fourth-order valence-corrected chi connectivity index (χ4v) is 3.41. The molecule has 0 aliphatic heterocycles. The van der Waals surface area contributed by atoms with Gasteiger partial charge < -0.3 is 5.11 Å². The molecule has 0 aliphatic rings. The van der Waals surface area contributed by atoms with Crippen LogP contribution in [0.3, 0.4) is 0 Å². The molecule has 4 rings (SSSR count). The van der Waals surface area contributed by atoms with Crippen LogP contribution in [0.2, 0.25) is 0 Å². The summed E-state index contributed by atoms with van der Waals surface area (Å²) in [5.41, 5.74) is -2.58. The Labute approximate surface area is 173 Å². The van der Waals surface area contributed by atoms with Crippen molar-refractivity contribution in [2.45, 2.75) is 25.1 Å². The molecular formula is C20H17F3N6O2. The molecule has 0 aliphatic carbocycles. The lowest BCUT2D eigenvalue weighted by Crippen LogP contribution is -2.43. The van der Waals surface area contributed by atoms with Crippen molar-refractivity contribution in [2.75, 3.05) is 0 Å². The first-order valence-corrected chi connectivity index (χ1v) is 9.22. The number of halogens is 3. The van der Waals surface area contributed by atoms with E-state index >= 15 is 0 Å². The molecule has 4 aromatic rings. The van der Waals surface area contributed by atoms with E-state index < -0.39 is 34.8 Å². The van der Waals surface area contributed by atoms with Crippen molar-refractivity contribution < 1.29 is 18.3 Å². The number of rotatable bonds is 6. The van der Waals surface area contributed by atoms with Crippen molar-refractivity contribution in [3.8, 4) is 5.69 Å². The van der Waals surface area contributed by atoms with Crippen molar-refractivity contribution in [3.63, 3.8) is 0 Å². The molecule has 0 unspecified atom stereocenters. The minimum atomic E-state index is -2.02. The molecule has 2 aromatic carbocycles. The summed E-state index contributed by atoms with van der Waals surface area (Å²) in [5.74, 6) is -2.26. The fraction of sp³-hybridized carbons (Fsp3) is 0.200. The van der Waals surface area contributed by atoms with Gasteiger partial charge >= 0.3 is 5.69 Å². The molecule has 2 atom stereocenters. The Hall–Kier alpha value is -3.73. The number of nitrogens with zero attached hydrogens (tertiary/aromatic N) is 6. The average molecular weight is 430 g/mol. The molecule has 0 bridgehead atoms. The van der Waals surface area contributed by atoms with Gasteiger partial charge in [0.15, 0.2) is 0 Å². The van der Waals surface area contributed by atoms with Gasteiger partial charge in [0.25, 0.3) is 0 Å². The van der Waals surface area contributed by atoms with Crippen molar-refractivity contribution in [1.29, 1.82) is 0 Å². The average Bonchev–Trinajstić information content (AvgIpc) is 3.37. The Morgan fingerprint density at radius 1 is 1.03 bits per heavy atom. The molecular weight excluding hydrogens is 413 g/mol. The van der Waals surface area contributed by atoms with Crippen LogP contribution in [0, 0.1) is 17.5 Å². The van der Waals surface area contributed by atoms with Crippen LogP contribution in [0.4, 0.5) is 13.2 Å². The Bertz CT molecular complexity index is 1250. The van der Waals surface area contributed by atoms with Crippen LogP contribution in [0.5, 0.6) is 0 Å². The Balaban J connectivity index is 1.80. The summed E-state index contributed by atoms with van der Waals surface area (Å²) in [6, 6.07) is 6.84. The molecule has 1 N–H and O–H groups in total. The molecule has 0 spiro atoms. The maximum Gasteiger partial charge on any atom is 0.350 e. The number of hydrogen-bond acceptors (Lipinski definition) is 5. The smallest absolute Gasteiger partial charge is 0.350 e. The van der Waals surface area contributed by atoms with E-state index in [0.717, 1.165) is 21.4 Å². The highest BCUT2D eigenvalue weighted by Crippen LogP contribution is 2.36. The molecule has 0 saturated heterocycles. The summed E-state index contributed by atoms with van der Waals surface area (Å²) in [4.78, 5) is 16.8. The fourth-order valence-electron chi connectivity index (χ4n) is 3.41. The van der Waals surface area contributed by atoms with Crippen LogP contribution in [0.1, 0.15) is 18.5 Å². The van der Waals surface area contributed by atoms with Crippen molar-refractivity contribution in [1.82, 2.24) is 29.1 Å². The quantitative estimate of drug-likeness (QED) is 0.507.